The minimum Gasteiger partial charge on any atom is -0.369 e. The summed E-state index contributed by atoms with van der Waals surface area (Å²) in [6.45, 7) is 0.717. The smallest absolute Gasteiger partial charge is 0.246 e. The van der Waals surface area contributed by atoms with E-state index in [0.717, 1.165) is 17.7 Å². The minimum absolute atomic E-state index is 0.0345. The first-order valence-electron chi connectivity index (χ1n) is 6.14. The topological polar surface area (TPSA) is 69.0 Å². The van der Waals surface area contributed by atoms with Crippen molar-refractivity contribution in [3.8, 4) is 5.69 Å². The van der Waals surface area contributed by atoms with Crippen LogP contribution in [-0.4, -0.2) is 40.2 Å². The Morgan fingerprint density at radius 2 is 2.42 bits per heavy atom. The maximum atomic E-state index is 11.3. The molecule has 2 aromatic rings. The predicted molar refractivity (Wildman–Crippen MR) is 67.8 cm³/mol. The lowest BCUT2D eigenvalue weighted by Crippen LogP contribution is -2.46. The number of aromatic nitrogens is 3. The molecule has 1 aliphatic rings. The molecule has 1 atom stereocenters. The van der Waals surface area contributed by atoms with Crippen LogP contribution in [0.4, 0.5) is 0 Å². The van der Waals surface area contributed by atoms with Crippen LogP contribution in [0.5, 0.6) is 0 Å². The summed E-state index contributed by atoms with van der Waals surface area (Å²) in [6, 6.07) is 8.04. The molecule has 1 fully saturated rings. The second-order valence-corrected chi connectivity index (χ2v) is 4.50. The standard InChI is InChI=1S/C13H14N4O2/c18-13-9-19-8-11(15-13)6-10-2-1-3-12(7-10)17-5-4-14-16-17/h1-5,7,11H,6,8-9H2,(H,15,18)/t11-/m1/s1. The van der Waals surface area contributed by atoms with Crippen LogP contribution in [0.3, 0.4) is 0 Å². The van der Waals surface area contributed by atoms with Gasteiger partial charge in [-0.3, -0.25) is 4.79 Å². The Balaban J connectivity index is 1.74. The van der Waals surface area contributed by atoms with Gasteiger partial charge in [0.25, 0.3) is 0 Å². The molecule has 1 amide bonds. The first-order chi connectivity index (χ1) is 9.31. The molecule has 1 N–H and O–H groups in total. The molecule has 6 nitrogen and oxygen atoms in total. The zero-order valence-corrected chi connectivity index (χ0v) is 10.3. The van der Waals surface area contributed by atoms with E-state index in [9.17, 15) is 4.79 Å². The summed E-state index contributed by atoms with van der Waals surface area (Å²) in [5.74, 6) is -0.0521. The van der Waals surface area contributed by atoms with Crippen LogP contribution in [0.15, 0.2) is 36.7 Å². The highest BCUT2D eigenvalue weighted by Crippen LogP contribution is 2.12. The molecule has 1 saturated heterocycles. The van der Waals surface area contributed by atoms with Crippen LogP contribution in [0.1, 0.15) is 5.56 Å². The molecule has 19 heavy (non-hydrogen) atoms. The molecule has 2 heterocycles. The van der Waals surface area contributed by atoms with Gasteiger partial charge < -0.3 is 10.1 Å². The SMILES string of the molecule is O=C1COC[C@@H](Cc2cccc(-n3ccnn3)c2)N1. The first kappa shape index (κ1) is 11.9. The van der Waals surface area contributed by atoms with E-state index in [-0.39, 0.29) is 18.6 Å². The van der Waals surface area contributed by atoms with Gasteiger partial charge in [-0.25, -0.2) is 4.68 Å². The Bertz CT molecular complexity index is 568. The van der Waals surface area contributed by atoms with Crippen LogP contribution >= 0.6 is 0 Å². The molecule has 0 aliphatic carbocycles. The highest BCUT2D eigenvalue weighted by atomic mass is 16.5. The number of ether oxygens (including phenoxy) is 1. The van der Waals surface area contributed by atoms with Gasteiger partial charge in [-0.2, -0.15) is 0 Å². The average Bonchev–Trinajstić information content (AvgIpc) is 2.93. The summed E-state index contributed by atoms with van der Waals surface area (Å²) in [5.41, 5.74) is 2.09. The molecule has 0 saturated carbocycles. The molecule has 98 valence electrons. The van der Waals surface area contributed by atoms with Crippen LogP contribution in [0.2, 0.25) is 0 Å². The third-order valence-electron chi connectivity index (χ3n) is 3.00. The van der Waals surface area contributed by atoms with Gasteiger partial charge in [0, 0.05) is 0 Å². The Labute approximate surface area is 110 Å². The number of nitrogens with zero attached hydrogens (tertiary/aromatic N) is 3. The van der Waals surface area contributed by atoms with Crippen LogP contribution in [-0.2, 0) is 16.0 Å². The molecule has 1 aromatic carbocycles. The number of carbonyl (C=O) groups is 1. The van der Waals surface area contributed by atoms with Crippen LogP contribution < -0.4 is 5.32 Å². The summed E-state index contributed by atoms with van der Waals surface area (Å²) in [7, 11) is 0. The van der Waals surface area contributed by atoms with Gasteiger partial charge in [0.15, 0.2) is 0 Å². The van der Waals surface area contributed by atoms with Crippen molar-refractivity contribution in [3.63, 3.8) is 0 Å². The maximum absolute atomic E-state index is 11.3. The van der Waals surface area contributed by atoms with E-state index >= 15 is 0 Å². The Morgan fingerprint density at radius 1 is 1.47 bits per heavy atom. The first-order valence-corrected chi connectivity index (χ1v) is 6.14. The van der Waals surface area contributed by atoms with Crippen molar-refractivity contribution in [1.82, 2.24) is 20.3 Å². The van der Waals surface area contributed by atoms with E-state index in [0.29, 0.717) is 6.61 Å². The number of benzene rings is 1. The van der Waals surface area contributed by atoms with Crippen molar-refractivity contribution >= 4 is 5.91 Å². The van der Waals surface area contributed by atoms with Crippen LogP contribution in [0.25, 0.3) is 5.69 Å². The van der Waals surface area contributed by atoms with Crippen molar-refractivity contribution < 1.29 is 9.53 Å². The van der Waals surface area contributed by atoms with Gasteiger partial charge in [-0.1, -0.05) is 17.3 Å². The van der Waals surface area contributed by atoms with Gasteiger partial charge in [0.2, 0.25) is 5.91 Å². The number of nitrogens with one attached hydrogen (secondary N) is 1. The Morgan fingerprint density at radius 3 is 3.21 bits per heavy atom. The molecule has 1 aromatic heterocycles. The largest absolute Gasteiger partial charge is 0.369 e. The second-order valence-electron chi connectivity index (χ2n) is 4.50. The van der Waals surface area contributed by atoms with Crippen molar-refractivity contribution in [2.24, 2.45) is 0 Å². The highest BCUT2D eigenvalue weighted by Gasteiger charge is 2.18. The number of hydrogen-bond donors (Lipinski definition) is 1. The zero-order valence-electron chi connectivity index (χ0n) is 10.3. The van der Waals surface area contributed by atoms with Gasteiger partial charge in [-0.15, -0.1) is 5.10 Å². The van der Waals surface area contributed by atoms with Gasteiger partial charge in [0.05, 0.1) is 30.7 Å². The molecule has 0 spiro atoms. The lowest BCUT2D eigenvalue weighted by atomic mass is 10.1. The quantitative estimate of drug-likeness (QED) is 0.861. The minimum atomic E-state index is -0.0521. The van der Waals surface area contributed by atoms with E-state index < -0.39 is 0 Å². The fraction of sp³-hybridized carbons (Fsp3) is 0.308. The summed E-state index contributed by atoms with van der Waals surface area (Å²) < 4.78 is 6.94. The molecule has 3 rings (SSSR count). The summed E-state index contributed by atoms with van der Waals surface area (Å²) >= 11 is 0. The Kier molecular flexibility index (Phi) is 3.24. The lowest BCUT2D eigenvalue weighted by Gasteiger charge is -2.23. The van der Waals surface area contributed by atoms with Gasteiger partial charge in [-0.05, 0) is 24.1 Å². The lowest BCUT2D eigenvalue weighted by molar-refractivity contribution is -0.131. The molecule has 0 unspecified atom stereocenters. The predicted octanol–water partition coefficient (Wildman–Crippen LogP) is 0.325. The number of hydrogen-bond acceptors (Lipinski definition) is 4. The molecular formula is C13H14N4O2. The third-order valence-corrected chi connectivity index (χ3v) is 3.00. The number of morpholine rings is 1. The number of amides is 1. The normalized spacial score (nSPS) is 19.2. The molecular weight excluding hydrogens is 244 g/mol. The second kappa shape index (κ2) is 5.19. The van der Waals surface area contributed by atoms with E-state index in [1.165, 1.54) is 0 Å². The van der Waals surface area contributed by atoms with Crippen molar-refractivity contribution in [1.29, 1.82) is 0 Å². The third kappa shape index (κ3) is 2.79. The fourth-order valence-corrected chi connectivity index (χ4v) is 2.17. The van der Waals surface area contributed by atoms with E-state index in [4.69, 9.17) is 4.74 Å². The summed E-state index contributed by atoms with van der Waals surface area (Å²) in [5, 5.41) is 10.7. The summed E-state index contributed by atoms with van der Waals surface area (Å²) in [6.07, 6.45) is 4.18. The van der Waals surface area contributed by atoms with E-state index in [2.05, 4.69) is 15.6 Å². The monoisotopic (exact) mass is 258 g/mol. The highest BCUT2D eigenvalue weighted by molar-refractivity contribution is 5.78. The van der Waals surface area contributed by atoms with Crippen molar-refractivity contribution in [3.05, 3.63) is 42.2 Å². The van der Waals surface area contributed by atoms with Crippen LogP contribution in [0, 0.1) is 0 Å². The molecule has 6 heteroatoms. The average molecular weight is 258 g/mol. The molecule has 0 radical (unpaired) electrons. The number of carbonyl (C=O) groups excluding carboxylic acids is 1. The molecule has 0 bridgehead atoms. The summed E-state index contributed by atoms with van der Waals surface area (Å²) in [4.78, 5) is 11.3. The van der Waals surface area contributed by atoms with Crippen molar-refractivity contribution in [2.75, 3.05) is 13.2 Å². The molecule has 1 aliphatic heterocycles. The maximum Gasteiger partial charge on any atom is 0.246 e. The van der Waals surface area contributed by atoms with Crippen molar-refractivity contribution in [2.45, 2.75) is 12.5 Å². The van der Waals surface area contributed by atoms with E-state index in [1.54, 1.807) is 17.1 Å². The Hall–Kier alpha value is -2.21. The van der Waals surface area contributed by atoms with Gasteiger partial charge in [0.1, 0.15) is 6.61 Å². The number of rotatable bonds is 3. The fourth-order valence-electron chi connectivity index (χ4n) is 2.17. The van der Waals surface area contributed by atoms with Gasteiger partial charge >= 0.3 is 0 Å². The zero-order chi connectivity index (χ0) is 13.1. The van der Waals surface area contributed by atoms with E-state index in [1.807, 2.05) is 24.3 Å².